The van der Waals surface area contributed by atoms with Gasteiger partial charge >= 0.3 is 5.97 Å². The molecule has 6 nitrogen and oxygen atoms in total. The average molecular weight is 898 g/mol. The molecule has 3 atom stereocenters. The third-order valence-corrected chi connectivity index (χ3v) is 10.9. The van der Waals surface area contributed by atoms with Gasteiger partial charge in [0.1, 0.15) is 6.10 Å². The lowest BCUT2D eigenvalue weighted by molar-refractivity contribution is -0.151. The molecule has 3 unspecified atom stereocenters. The zero-order valence-electron chi connectivity index (χ0n) is 41.6. The van der Waals surface area contributed by atoms with Crippen LogP contribution < -0.4 is 5.32 Å². The summed E-state index contributed by atoms with van der Waals surface area (Å²) >= 11 is 0. The number of nitrogens with one attached hydrogen (secondary N) is 1. The minimum Gasteiger partial charge on any atom is -0.462 e. The zero-order valence-corrected chi connectivity index (χ0v) is 41.6. The van der Waals surface area contributed by atoms with Crippen LogP contribution in [-0.4, -0.2) is 46.9 Å². The van der Waals surface area contributed by atoms with E-state index in [0.29, 0.717) is 19.3 Å². The highest BCUT2D eigenvalue weighted by Crippen LogP contribution is 2.16. The van der Waals surface area contributed by atoms with E-state index in [2.05, 4.69) is 99.0 Å². The maximum atomic E-state index is 13.2. The van der Waals surface area contributed by atoms with Gasteiger partial charge in [-0.3, -0.25) is 9.59 Å². The van der Waals surface area contributed by atoms with E-state index in [9.17, 15) is 19.8 Å². The number of aliphatic hydroxyl groups is 2. The quantitative estimate of drug-likeness (QED) is 0.0245. The summed E-state index contributed by atoms with van der Waals surface area (Å²) in [5, 5.41) is 23.7. The van der Waals surface area contributed by atoms with Gasteiger partial charge < -0.3 is 20.3 Å². The van der Waals surface area contributed by atoms with Crippen molar-refractivity contribution in [2.24, 2.45) is 0 Å². The Morgan fingerprint density at radius 1 is 0.477 bits per heavy atom. The lowest BCUT2D eigenvalue weighted by Crippen LogP contribution is -2.46. The fourth-order valence-electron chi connectivity index (χ4n) is 7.02. The molecule has 0 spiro atoms. The first kappa shape index (κ1) is 61.0. The summed E-state index contributed by atoms with van der Waals surface area (Å²) in [5.74, 6) is -0.601. The topological polar surface area (TPSA) is 95.9 Å². The molecule has 0 saturated carbocycles. The Balaban J connectivity index is 4.81. The Hall–Kier alpha value is -4.00. The molecule has 0 fully saturated rings. The van der Waals surface area contributed by atoms with Gasteiger partial charge in [0.05, 0.1) is 25.2 Å². The normalized spacial score (nSPS) is 14.4. The molecule has 0 aromatic heterocycles. The number of rotatable bonds is 44. The van der Waals surface area contributed by atoms with Gasteiger partial charge in [-0.15, -0.1) is 0 Å². The molecular weight excluding hydrogens is 803 g/mol. The number of ether oxygens (including phenoxy) is 1. The molecule has 0 aromatic carbocycles. The van der Waals surface area contributed by atoms with E-state index in [1.54, 1.807) is 0 Å². The minimum absolute atomic E-state index is 0.00362. The molecule has 0 radical (unpaired) electrons. The molecule has 0 aliphatic heterocycles. The molecule has 0 aliphatic rings. The van der Waals surface area contributed by atoms with Crippen molar-refractivity contribution in [2.45, 2.75) is 219 Å². The first-order valence-electron chi connectivity index (χ1n) is 26.0. The van der Waals surface area contributed by atoms with E-state index < -0.39 is 18.2 Å². The highest BCUT2D eigenvalue weighted by atomic mass is 16.5. The number of allylic oxidation sites excluding steroid dienone is 22. The van der Waals surface area contributed by atoms with Gasteiger partial charge in [0.25, 0.3) is 0 Å². The lowest BCUT2D eigenvalue weighted by atomic mass is 10.0. The SMILES string of the molecule is CC\C=C/C=C/C=C/C=C\C=C\C=C\CCCC(CC(=O)NC(CO)C(O)CCCCCCCCCCCCCC)OC(=O)CCCCC/C=C\C/C=C\C/C=C\C/C=C\C/C=C\CC. The summed E-state index contributed by atoms with van der Waals surface area (Å²) in [6, 6.07) is -0.742. The van der Waals surface area contributed by atoms with Crippen molar-refractivity contribution in [3.63, 3.8) is 0 Å². The van der Waals surface area contributed by atoms with E-state index in [4.69, 9.17) is 4.74 Å². The van der Waals surface area contributed by atoms with E-state index >= 15 is 0 Å². The highest BCUT2D eigenvalue weighted by molar-refractivity contribution is 5.77. The number of unbranched alkanes of at least 4 members (excludes halogenated alkanes) is 15. The van der Waals surface area contributed by atoms with Crippen LogP contribution in [0.2, 0.25) is 0 Å². The number of hydrogen-bond acceptors (Lipinski definition) is 5. The van der Waals surface area contributed by atoms with Gasteiger partial charge in [0.2, 0.25) is 5.91 Å². The van der Waals surface area contributed by atoms with Gasteiger partial charge in [-0.05, 0) is 83.5 Å². The predicted molar refractivity (Wildman–Crippen MR) is 282 cm³/mol. The number of amides is 1. The largest absolute Gasteiger partial charge is 0.462 e. The number of esters is 1. The molecule has 0 aliphatic carbocycles. The Labute approximate surface area is 399 Å². The second kappa shape index (κ2) is 51.0. The van der Waals surface area contributed by atoms with Crippen molar-refractivity contribution in [3.8, 4) is 0 Å². The van der Waals surface area contributed by atoms with Crippen LogP contribution in [0.3, 0.4) is 0 Å². The van der Waals surface area contributed by atoms with Gasteiger partial charge in [-0.1, -0.05) is 238 Å². The average Bonchev–Trinajstić information content (AvgIpc) is 3.30. The molecule has 6 heteroatoms. The Morgan fingerprint density at radius 2 is 0.923 bits per heavy atom. The van der Waals surface area contributed by atoms with Gasteiger partial charge in [-0.25, -0.2) is 0 Å². The second-order valence-corrected chi connectivity index (χ2v) is 17.0. The summed E-state index contributed by atoms with van der Waals surface area (Å²) in [7, 11) is 0. The summed E-state index contributed by atoms with van der Waals surface area (Å²) in [5.41, 5.74) is 0. The Kier molecular flexibility index (Phi) is 47.9. The number of hydrogen-bond donors (Lipinski definition) is 3. The van der Waals surface area contributed by atoms with Crippen molar-refractivity contribution in [1.29, 1.82) is 0 Å². The standard InChI is InChI=1S/C59H95NO5/c1-4-7-10-13-16-19-22-25-27-28-29-30-32-34-37-40-43-46-49-52-59(64)65-55(50-47-44-41-38-35-33-31-26-23-20-17-14-11-8-5-2)53-58(63)60-56(54-61)57(62)51-48-45-42-39-36-24-21-18-15-12-9-6-3/h7-8,10-11,14,16-17,19-20,23,25-27,29-31,33-35,37-38,41,55-57,61-62H,4-6,9,12-13,15,18,21-22,24,28,32,36,39-40,42-54H2,1-3H3,(H,60,63)/b10-7-,11-8-,17-14+,19-16-,23-20+,27-25-,30-29-,31-26-,35-33+,37-34-,41-38+. The monoisotopic (exact) mass is 898 g/mol. The van der Waals surface area contributed by atoms with Crippen LogP contribution in [0.5, 0.6) is 0 Å². The van der Waals surface area contributed by atoms with Crippen molar-refractivity contribution < 1.29 is 24.5 Å². The maximum Gasteiger partial charge on any atom is 0.306 e. The summed E-state index contributed by atoms with van der Waals surface area (Å²) < 4.78 is 5.88. The summed E-state index contributed by atoms with van der Waals surface area (Å²) in [6.45, 7) is 6.18. The fraction of sp³-hybridized carbons (Fsp3) is 0.593. The van der Waals surface area contributed by atoms with Crippen molar-refractivity contribution in [1.82, 2.24) is 5.32 Å². The van der Waals surface area contributed by atoms with Gasteiger partial charge in [0.15, 0.2) is 0 Å². The van der Waals surface area contributed by atoms with Crippen LogP contribution >= 0.6 is 0 Å². The number of carbonyl (C=O) groups excluding carboxylic acids is 2. The summed E-state index contributed by atoms with van der Waals surface area (Å²) in [4.78, 5) is 26.2. The van der Waals surface area contributed by atoms with Crippen LogP contribution in [0.1, 0.15) is 201 Å². The lowest BCUT2D eigenvalue weighted by Gasteiger charge is -2.24. The molecule has 3 N–H and O–H groups in total. The first-order valence-corrected chi connectivity index (χ1v) is 26.0. The number of carbonyl (C=O) groups is 2. The van der Waals surface area contributed by atoms with Crippen molar-refractivity contribution in [3.05, 3.63) is 134 Å². The third kappa shape index (κ3) is 46.3. The van der Waals surface area contributed by atoms with E-state index in [0.717, 1.165) is 96.3 Å². The molecule has 65 heavy (non-hydrogen) atoms. The zero-order chi connectivity index (χ0) is 47.4. The molecule has 0 bridgehead atoms. The summed E-state index contributed by atoms with van der Waals surface area (Å²) in [6.07, 6.45) is 72.2. The molecule has 366 valence electrons. The molecular formula is C59H95NO5. The third-order valence-electron chi connectivity index (χ3n) is 10.9. The molecule has 0 heterocycles. The molecule has 0 aromatic rings. The van der Waals surface area contributed by atoms with Gasteiger partial charge in [-0.2, -0.15) is 0 Å². The van der Waals surface area contributed by atoms with Crippen LogP contribution in [0.15, 0.2) is 134 Å². The van der Waals surface area contributed by atoms with Crippen LogP contribution in [0.25, 0.3) is 0 Å². The van der Waals surface area contributed by atoms with Crippen molar-refractivity contribution >= 4 is 11.9 Å². The number of aliphatic hydroxyl groups excluding tert-OH is 2. The van der Waals surface area contributed by atoms with Crippen LogP contribution in [0, 0.1) is 0 Å². The Morgan fingerprint density at radius 3 is 1.45 bits per heavy atom. The smallest absolute Gasteiger partial charge is 0.306 e. The van der Waals surface area contributed by atoms with E-state index in [-0.39, 0.29) is 24.9 Å². The maximum absolute atomic E-state index is 13.2. The molecule has 1 amide bonds. The van der Waals surface area contributed by atoms with E-state index in [1.807, 2.05) is 60.8 Å². The second-order valence-electron chi connectivity index (χ2n) is 17.0. The molecule has 0 rings (SSSR count). The minimum atomic E-state index is -0.823. The fourth-order valence-corrected chi connectivity index (χ4v) is 7.02. The van der Waals surface area contributed by atoms with Crippen LogP contribution in [-0.2, 0) is 14.3 Å². The highest BCUT2D eigenvalue weighted by Gasteiger charge is 2.24. The first-order chi connectivity index (χ1) is 32.0. The van der Waals surface area contributed by atoms with Gasteiger partial charge in [0, 0.05) is 6.42 Å². The Bertz CT molecular complexity index is 1420. The van der Waals surface area contributed by atoms with E-state index in [1.165, 1.54) is 57.8 Å². The van der Waals surface area contributed by atoms with Crippen molar-refractivity contribution in [2.75, 3.05) is 6.61 Å². The van der Waals surface area contributed by atoms with Crippen LogP contribution in [0.4, 0.5) is 0 Å². The predicted octanol–water partition coefficient (Wildman–Crippen LogP) is 15.8. The molecule has 0 saturated heterocycles.